The summed E-state index contributed by atoms with van der Waals surface area (Å²) in [5.41, 5.74) is 0. The predicted molar refractivity (Wildman–Crippen MR) is 57.2 cm³/mol. The van der Waals surface area contributed by atoms with E-state index in [0.717, 1.165) is 6.29 Å². The second-order valence-corrected chi connectivity index (χ2v) is 3.06. The molecule has 0 saturated carbocycles. The molecule has 2 N–H and O–H groups in total. The smallest absolute Gasteiger partial charge is 0.407 e. The monoisotopic (exact) mass is 233 g/mol. The molecule has 0 radical (unpaired) electrons. The van der Waals surface area contributed by atoms with Crippen molar-refractivity contribution < 1.29 is 24.2 Å². The van der Waals surface area contributed by atoms with E-state index in [0.29, 0.717) is 39.0 Å². The number of unbranched alkanes of at least 4 members (excludes halogenated alkanes) is 1. The molecule has 0 aliphatic carbocycles. The van der Waals surface area contributed by atoms with Crippen LogP contribution in [0.1, 0.15) is 19.3 Å². The van der Waals surface area contributed by atoms with Crippen molar-refractivity contribution in [3.8, 4) is 0 Å². The third-order valence-electron chi connectivity index (χ3n) is 1.66. The molecule has 0 fully saturated rings. The highest BCUT2D eigenvalue weighted by atomic mass is 16.5. The largest absolute Gasteiger partial charge is 0.449 e. The number of amides is 1. The van der Waals surface area contributed by atoms with Crippen LogP contribution in [0.25, 0.3) is 0 Å². The summed E-state index contributed by atoms with van der Waals surface area (Å²) in [6.45, 7) is 1.50. The third kappa shape index (κ3) is 10.9. The highest BCUT2D eigenvalue weighted by Gasteiger charge is 1.99. The van der Waals surface area contributed by atoms with E-state index in [1.54, 1.807) is 0 Å². The maximum absolute atomic E-state index is 10.9. The minimum atomic E-state index is -0.509. The lowest BCUT2D eigenvalue weighted by Crippen LogP contribution is -2.28. The van der Waals surface area contributed by atoms with Crippen molar-refractivity contribution in [2.45, 2.75) is 19.3 Å². The molecule has 0 saturated heterocycles. The molecule has 94 valence electrons. The van der Waals surface area contributed by atoms with E-state index in [2.05, 4.69) is 5.32 Å². The summed E-state index contributed by atoms with van der Waals surface area (Å²) in [6.07, 6.45) is 1.97. The number of aliphatic hydroxyl groups excluding tert-OH is 1. The summed E-state index contributed by atoms with van der Waals surface area (Å²) in [5, 5.41) is 10.9. The van der Waals surface area contributed by atoms with Gasteiger partial charge in [-0.2, -0.15) is 0 Å². The molecular weight excluding hydrogens is 214 g/mol. The van der Waals surface area contributed by atoms with Gasteiger partial charge in [0.05, 0.1) is 13.2 Å². The van der Waals surface area contributed by atoms with Crippen LogP contribution in [-0.2, 0) is 14.3 Å². The number of aldehydes is 1. The minimum Gasteiger partial charge on any atom is -0.449 e. The quantitative estimate of drug-likeness (QED) is 0.412. The van der Waals surface area contributed by atoms with Gasteiger partial charge in [0.15, 0.2) is 0 Å². The van der Waals surface area contributed by atoms with Crippen molar-refractivity contribution in [3.63, 3.8) is 0 Å². The molecule has 6 nitrogen and oxygen atoms in total. The fourth-order valence-electron chi connectivity index (χ4n) is 0.876. The molecule has 0 aromatic rings. The zero-order chi connectivity index (χ0) is 12.1. The van der Waals surface area contributed by atoms with Crippen molar-refractivity contribution >= 4 is 12.4 Å². The van der Waals surface area contributed by atoms with E-state index in [9.17, 15) is 9.59 Å². The van der Waals surface area contributed by atoms with Gasteiger partial charge in [-0.1, -0.05) is 0 Å². The number of alkyl carbamates (subject to hydrolysis) is 1. The van der Waals surface area contributed by atoms with Crippen LogP contribution < -0.4 is 5.32 Å². The second kappa shape index (κ2) is 11.9. The Morgan fingerprint density at radius 3 is 2.75 bits per heavy atom. The van der Waals surface area contributed by atoms with Crippen molar-refractivity contribution in [1.82, 2.24) is 5.32 Å². The number of hydrogen-bond acceptors (Lipinski definition) is 5. The zero-order valence-electron chi connectivity index (χ0n) is 9.31. The Labute approximate surface area is 94.9 Å². The molecule has 0 rings (SSSR count). The molecule has 6 heteroatoms. The lowest BCUT2D eigenvalue weighted by atomic mass is 10.3. The van der Waals surface area contributed by atoms with Crippen LogP contribution in [-0.4, -0.2) is 50.5 Å². The van der Waals surface area contributed by atoms with Crippen LogP contribution >= 0.6 is 0 Å². The van der Waals surface area contributed by atoms with Crippen molar-refractivity contribution in [3.05, 3.63) is 0 Å². The highest BCUT2D eigenvalue weighted by molar-refractivity contribution is 5.66. The molecule has 0 unspecified atom stereocenters. The van der Waals surface area contributed by atoms with Gasteiger partial charge in [-0.25, -0.2) is 4.79 Å². The molecule has 0 aromatic carbocycles. The lowest BCUT2D eigenvalue weighted by Gasteiger charge is -2.06. The fourth-order valence-corrected chi connectivity index (χ4v) is 0.876. The molecule has 0 bridgehead atoms. The first kappa shape index (κ1) is 14.9. The minimum absolute atomic E-state index is 0.00707. The van der Waals surface area contributed by atoms with Crippen LogP contribution in [0.4, 0.5) is 4.79 Å². The average Bonchev–Trinajstić information content (AvgIpc) is 2.28. The van der Waals surface area contributed by atoms with Gasteiger partial charge in [0, 0.05) is 32.6 Å². The molecule has 0 heterocycles. The molecule has 0 atom stereocenters. The summed E-state index contributed by atoms with van der Waals surface area (Å²) in [6, 6.07) is 0. The number of carbonyl (C=O) groups is 2. The van der Waals surface area contributed by atoms with E-state index in [4.69, 9.17) is 14.6 Å². The number of carbonyl (C=O) groups excluding carboxylic acids is 2. The lowest BCUT2D eigenvalue weighted by molar-refractivity contribution is -0.108. The SMILES string of the molecule is O=CCCCOCCNC(=O)OCCCO. The van der Waals surface area contributed by atoms with Gasteiger partial charge in [-0.15, -0.1) is 0 Å². The molecular formula is C10H19NO5. The van der Waals surface area contributed by atoms with Crippen LogP contribution in [0, 0.1) is 0 Å². The average molecular weight is 233 g/mol. The predicted octanol–water partition coefficient (Wildman–Crippen LogP) is 0.0907. The van der Waals surface area contributed by atoms with Gasteiger partial charge in [0.25, 0.3) is 0 Å². The Hall–Kier alpha value is -1.14. The zero-order valence-corrected chi connectivity index (χ0v) is 9.31. The van der Waals surface area contributed by atoms with Gasteiger partial charge in [-0.05, 0) is 6.42 Å². The number of ether oxygens (including phenoxy) is 2. The molecule has 0 spiro atoms. The number of nitrogens with one attached hydrogen (secondary N) is 1. The highest BCUT2D eigenvalue weighted by Crippen LogP contribution is 1.86. The van der Waals surface area contributed by atoms with Crippen LogP contribution in [0.15, 0.2) is 0 Å². The Balaban J connectivity index is 3.12. The van der Waals surface area contributed by atoms with Gasteiger partial charge in [0.1, 0.15) is 6.29 Å². The van der Waals surface area contributed by atoms with Crippen LogP contribution in [0.5, 0.6) is 0 Å². The topological polar surface area (TPSA) is 84.9 Å². The Morgan fingerprint density at radius 1 is 1.25 bits per heavy atom. The first-order chi connectivity index (χ1) is 7.81. The molecule has 16 heavy (non-hydrogen) atoms. The molecule has 0 aliphatic heterocycles. The van der Waals surface area contributed by atoms with E-state index in [1.165, 1.54) is 0 Å². The number of hydrogen-bond donors (Lipinski definition) is 2. The maximum Gasteiger partial charge on any atom is 0.407 e. The second-order valence-electron chi connectivity index (χ2n) is 3.06. The summed E-state index contributed by atoms with van der Waals surface area (Å²) in [4.78, 5) is 20.9. The summed E-state index contributed by atoms with van der Waals surface area (Å²) < 4.78 is 9.86. The summed E-state index contributed by atoms with van der Waals surface area (Å²) >= 11 is 0. The van der Waals surface area contributed by atoms with Crippen LogP contribution in [0.2, 0.25) is 0 Å². The van der Waals surface area contributed by atoms with E-state index in [1.807, 2.05) is 0 Å². The Bertz CT molecular complexity index is 186. The maximum atomic E-state index is 10.9. The first-order valence-corrected chi connectivity index (χ1v) is 5.34. The summed E-state index contributed by atoms with van der Waals surface area (Å²) in [5.74, 6) is 0. The normalized spacial score (nSPS) is 9.81. The van der Waals surface area contributed by atoms with Gasteiger partial charge in [-0.3, -0.25) is 0 Å². The van der Waals surface area contributed by atoms with Crippen LogP contribution in [0.3, 0.4) is 0 Å². The summed E-state index contributed by atoms with van der Waals surface area (Å²) in [7, 11) is 0. The van der Waals surface area contributed by atoms with Crippen molar-refractivity contribution in [2.24, 2.45) is 0 Å². The van der Waals surface area contributed by atoms with E-state index >= 15 is 0 Å². The molecule has 0 aliphatic rings. The number of rotatable bonds is 10. The molecule has 0 aromatic heterocycles. The molecule has 1 amide bonds. The van der Waals surface area contributed by atoms with Gasteiger partial charge >= 0.3 is 6.09 Å². The van der Waals surface area contributed by atoms with Crippen molar-refractivity contribution in [1.29, 1.82) is 0 Å². The van der Waals surface area contributed by atoms with Gasteiger partial charge in [0.2, 0.25) is 0 Å². The Morgan fingerprint density at radius 2 is 2.06 bits per heavy atom. The van der Waals surface area contributed by atoms with Crippen molar-refractivity contribution in [2.75, 3.05) is 33.0 Å². The first-order valence-electron chi connectivity index (χ1n) is 5.34. The van der Waals surface area contributed by atoms with E-state index in [-0.39, 0.29) is 13.2 Å². The standard InChI is InChI=1S/C10H19NO5/c12-5-1-2-7-15-9-4-11-10(14)16-8-3-6-13/h5,13H,1-4,6-9H2,(H,11,14). The third-order valence-corrected chi connectivity index (χ3v) is 1.66. The van der Waals surface area contributed by atoms with E-state index < -0.39 is 6.09 Å². The fraction of sp³-hybridized carbons (Fsp3) is 0.800. The number of aliphatic hydroxyl groups is 1. The Kier molecular flexibility index (Phi) is 11.1. The van der Waals surface area contributed by atoms with Gasteiger partial charge < -0.3 is 24.7 Å².